The molecule has 1 unspecified atom stereocenters. The van der Waals surface area contributed by atoms with Gasteiger partial charge in [0.1, 0.15) is 5.75 Å². The fraction of sp³-hybridized carbons (Fsp3) is 0.533. The number of nitrogens with zero attached hydrogens (tertiary/aromatic N) is 1. The standard InChI is InChI=1S/C15H21ClN2O2/c1-2-7-20-14-4-3-12(16)8-13(14)15(19)18-6-5-11(9-17)10-18/h3-4,8,11H,2,5-7,9-10,17H2,1H3. The smallest absolute Gasteiger partial charge is 0.257 e. The van der Waals surface area contributed by atoms with Crippen LogP contribution in [-0.4, -0.2) is 37.0 Å². The minimum atomic E-state index is -0.0189. The van der Waals surface area contributed by atoms with Gasteiger partial charge in [0.15, 0.2) is 0 Å². The number of carbonyl (C=O) groups excluding carboxylic acids is 1. The average molecular weight is 297 g/mol. The van der Waals surface area contributed by atoms with Crippen molar-refractivity contribution in [1.29, 1.82) is 0 Å². The second-order valence-electron chi connectivity index (χ2n) is 5.13. The fourth-order valence-electron chi connectivity index (χ4n) is 2.39. The van der Waals surface area contributed by atoms with E-state index in [1.165, 1.54) is 0 Å². The second kappa shape index (κ2) is 6.95. The van der Waals surface area contributed by atoms with Gasteiger partial charge >= 0.3 is 0 Å². The van der Waals surface area contributed by atoms with Gasteiger partial charge in [-0.3, -0.25) is 4.79 Å². The summed E-state index contributed by atoms with van der Waals surface area (Å²) in [7, 11) is 0. The number of nitrogens with two attached hydrogens (primary N) is 1. The molecule has 5 heteroatoms. The molecule has 1 heterocycles. The number of carbonyl (C=O) groups is 1. The lowest BCUT2D eigenvalue weighted by atomic mass is 10.1. The van der Waals surface area contributed by atoms with Crippen LogP contribution >= 0.6 is 11.6 Å². The van der Waals surface area contributed by atoms with Gasteiger partial charge in [-0.25, -0.2) is 0 Å². The lowest BCUT2D eigenvalue weighted by Gasteiger charge is -2.18. The first-order chi connectivity index (χ1) is 9.65. The van der Waals surface area contributed by atoms with E-state index >= 15 is 0 Å². The van der Waals surface area contributed by atoms with Crippen LogP contribution in [0.5, 0.6) is 5.75 Å². The van der Waals surface area contributed by atoms with Crippen molar-refractivity contribution in [2.24, 2.45) is 11.7 Å². The Morgan fingerprint density at radius 2 is 2.35 bits per heavy atom. The van der Waals surface area contributed by atoms with E-state index in [2.05, 4.69) is 0 Å². The maximum atomic E-state index is 12.6. The summed E-state index contributed by atoms with van der Waals surface area (Å²) in [6.07, 6.45) is 1.86. The molecule has 1 aliphatic rings. The molecule has 1 saturated heterocycles. The van der Waals surface area contributed by atoms with E-state index in [0.29, 0.717) is 35.4 Å². The predicted molar refractivity (Wildman–Crippen MR) is 80.3 cm³/mol. The molecule has 1 aromatic rings. The van der Waals surface area contributed by atoms with Crippen molar-refractivity contribution >= 4 is 17.5 Å². The van der Waals surface area contributed by atoms with Gasteiger partial charge in [-0.15, -0.1) is 0 Å². The highest BCUT2D eigenvalue weighted by Crippen LogP contribution is 2.27. The predicted octanol–water partition coefficient (Wildman–Crippen LogP) is 2.55. The first kappa shape index (κ1) is 15.1. The zero-order valence-electron chi connectivity index (χ0n) is 11.8. The van der Waals surface area contributed by atoms with Crippen LogP contribution in [0.15, 0.2) is 18.2 Å². The Hall–Kier alpha value is -1.26. The van der Waals surface area contributed by atoms with Crippen molar-refractivity contribution in [3.8, 4) is 5.75 Å². The maximum absolute atomic E-state index is 12.6. The third kappa shape index (κ3) is 3.44. The van der Waals surface area contributed by atoms with Crippen molar-refractivity contribution < 1.29 is 9.53 Å². The Labute approximate surface area is 124 Å². The van der Waals surface area contributed by atoms with E-state index in [9.17, 15) is 4.79 Å². The highest BCUT2D eigenvalue weighted by atomic mass is 35.5. The van der Waals surface area contributed by atoms with E-state index in [4.69, 9.17) is 22.1 Å². The molecule has 1 fully saturated rings. The molecule has 1 atom stereocenters. The number of benzene rings is 1. The molecule has 2 N–H and O–H groups in total. The van der Waals surface area contributed by atoms with Crippen molar-refractivity contribution in [2.75, 3.05) is 26.2 Å². The Kier molecular flexibility index (Phi) is 5.26. The van der Waals surface area contributed by atoms with Crippen molar-refractivity contribution in [3.63, 3.8) is 0 Å². The largest absolute Gasteiger partial charge is 0.493 e. The van der Waals surface area contributed by atoms with Gasteiger partial charge in [-0.05, 0) is 43.5 Å². The molecule has 0 radical (unpaired) electrons. The summed E-state index contributed by atoms with van der Waals surface area (Å²) in [4.78, 5) is 14.4. The van der Waals surface area contributed by atoms with Gasteiger partial charge in [0.05, 0.1) is 12.2 Å². The van der Waals surface area contributed by atoms with Gasteiger partial charge in [0.2, 0.25) is 0 Å². The molecule has 0 bridgehead atoms. The molecule has 1 aromatic carbocycles. The molecule has 2 rings (SSSR count). The molecule has 0 aromatic heterocycles. The fourth-order valence-corrected chi connectivity index (χ4v) is 2.56. The maximum Gasteiger partial charge on any atom is 0.257 e. The molecule has 0 saturated carbocycles. The summed E-state index contributed by atoms with van der Waals surface area (Å²) < 4.78 is 5.64. The molecular weight excluding hydrogens is 276 g/mol. The number of rotatable bonds is 5. The lowest BCUT2D eigenvalue weighted by molar-refractivity contribution is 0.0783. The van der Waals surface area contributed by atoms with E-state index in [1.54, 1.807) is 18.2 Å². The Balaban J connectivity index is 2.17. The number of amides is 1. The molecule has 1 aliphatic heterocycles. The third-order valence-corrected chi connectivity index (χ3v) is 3.78. The lowest BCUT2D eigenvalue weighted by Crippen LogP contribution is -2.30. The molecule has 0 spiro atoms. The Morgan fingerprint density at radius 1 is 1.55 bits per heavy atom. The topological polar surface area (TPSA) is 55.6 Å². The zero-order valence-corrected chi connectivity index (χ0v) is 12.5. The summed E-state index contributed by atoms with van der Waals surface area (Å²) in [5.74, 6) is 0.991. The third-order valence-electron chi connectivity index (χ3n) is 3.54. The van der Waals surface area contributed by atoms with Crippen molar-refractivity contribution in [3.05, 3.63) is 28.8 Å². The Morgan fingerprint density at radius 3 is 3.00 bits per heavy atom. The van der Waals surface area contributed by atoms with Crippen LogP contribution in [-0.2, 0) is 0 Å². The quantitative estimate of drug-likeness (QED) is 0.908. The highest BCUT2D eigenvalue weighted by Gasteiger charge is 2.27. The number of hydrogen-bond donors (Lipinski definition) is 1. The van der Waals surface area contributed by atoms with Crippen LogP contribution in [0.3, 0.4) is 0 Å². The van der Waals surface area contributed by atoms with Crippen LogP contribution in [0.2, 0.25) is 5.02 Å². The van der Waals surface area contributed by atoms with Crippen LogP contribution in [0.1, 0.15) is 30.1 Å². The monoisotopic (exact) mass is 296 g/mol. The molecule has 110 valence electrons. The minimum absolute atomic E-state index is 0.0189. The molecular formula is C15H21ClN2O2. The normalized spacial score (nSPS) is 18.4. The summed E-state index contributed by atoms with van der Waals surface area (Å²) in [6.45, 7) is 4.71. The molecule has 4 nitrogen and oxygen atoms in total. The molecule has 0 aliphatic carbocycles. The van der Waals surface area contributed by atoms with Gasteiger partial charge in [-0.2, -0.15) is 0 Å². The summed E-state index contributed by atoms with van der Waals surface area (Å²) in [5.41, 5.74) is 6.22. The number of likely N-dealkylation sites (tertiary alicyclic amines) is 1. The van der Waals surface area contributed by atoms with Crippen molar-refractivity contribution in [2.45, 2.75) is 19.8 Å². The van der Waals surface area contributed by atoms with E-state index in [0.717, 1.165) is 25.9 Å². The first-order valence-electron chi connectivity index (χ1n) is 7.07. The molecule has 1 amide bonds. The zero-order chi connectivity index (χ0) is 14.5. The van der Waals surface area contributed by atoms with Crippen LogP contribution < -0.4 is 10.5 Å². The van der Waals surface area contributed by atoms with Gasteiger partial charge in [-0.1, -0.05) is 18.5 Å². The Bertz CT molecular complexity index is 479. The van der Waals surface area contributed by atoms with E-state index in [1.807, 2.05) is 11.8 Å². The van der Waals surface area contributed by atoms with E-state index < -0.39 is 0 Å². The average Bonchev–Trinajstić information content (AvgIpc) is 2.94. The summed E-state index contributed by atoms with van der Waals surface area (Å²) in [6, 6.07) is 5.20. The summed E-state index contributed by atoms with van der Waals surface area (Å²) in [5, 5.41) is 0.548. The van der Waals surface area contributed by atoms with Gasteiger partial charge in [0, 0.05) is 18.1 Å². The van der Waals surface area contributed by atoms with Crippen molar-refractivity contribution in [1.82, 2.24) is 4.90 Å². The number of ether oxygens (including phenoxy) is 1. The first-order valence-corrected chi connectivity index (χ1v) is 7.45. The highest BCUT2D eigenvalue weighted by molar-refractivity contribution is 6.31. The van der Waals surface area contributed by atoms with Crippen LogP contribution in [0.25, 0.3) is 0 Å². The molecule has 20 heavy (non-hydrogen) atoms. The second-order valence-corrected chi connectivity index (χ2v) is 5.57. The van der Waals surface area contributed by atoms with Gasteiger partial charge in [0.25, 0.3) is 5.91 Å². The van der Waals surface area contributed by atoms with Crippen LogP contribution in [0.4, 0.5) is 0 Å². The SMILES string of the molecule is CCCOc1ccc(Cl)cc1C(=O)N1CCC(CN)C1. The van der Waals surface area contributed by atoms with Crippen LogP contribution in [0, 0.1) is 5.92 Å². The number of halogens is 1. The minimum Gasteiger partial charge on any atom is -0.493 e. The summed E-state index contributed by atoms with van der Waals surface area (Å²) >= 11 is 6.01. The number of hydrogen-bond acceptors (Lipinski definition) is 3. The van der Waals surface area contributed by atoms with Gasteiger partial charge < -0.3 is 15.4 Å². The van der Waals surface area contributed by atoms with E-state index in [-0.39, 0.29) is 5.91 Å².